The molecule has 8 heteroatoms. The van der Waals surface area contributed by atoms with Gasteiger partial charge in [-0.25, -0.2) is 4.98 Å². The highest BCUT2D eigenvalue weighted by Crippen LogP contribution is 2.35. The molecule has 0 radical (unpaired) electrons. The zero-order valence-electron chi connectivity index (χ0n) is 19.5. The molecule has 34 heavy (non-hydrogen) atoms. The van der Waals surface area contributed by atoms with E-state index >= 15 is 0 Å². The van der Waals surface area contributed by atoms with E-state index in [2.05, 4.69) is 28.2 Å². The summed E-state index contributed by atoms with van der Waals surface area (Å²) in [6, 6.07) is 15.4. The highest BCUT2D eigenvalue weighted by atomic mass is 16.5. The third kappa shape index (κ3) is 5.41. The van der Waals surface area contributed by atoms with Crippen LogP contribution in [0.3, 0.4) is 0 Å². The molecular weight excluding hydrogens is 428 g/mol. The van der Waals surface area contributed by atoms with E-state index in [1.165, 1.54) is 6.21 Å². The number of nitrogens with one attached hydrogen (secondary N) is 2. The maximum absolute atomic E-state index is 9.48. The summed E-state index contributed by atoms with van der Waals surface area (Å²) in [5.74, 6) is 0.603. The first kappa shape index (κ1) is 23.8. The van der Waals surface area contributed by atoms with Gasteiger partial charge in [0.1, 0.15) is 5.82 Å². The van der Waals surface area contributed by atoms with E-state index in [-0.39, 0.29) is 12.6 Å². The molecule has 0 bridgehead atoms. The van der Waals surface area contributed by atoms with E-state index in [1.807, 2.05) is 36.4 Å². The van der Waals surface area contributed by atoms with Gasteiger partial charge >= 0.3 is 0 Å². The van der Waals surface area contributed by atoms with Crippen LogP contribution >= 0.6 is 0 Å². The molecule has 1 atom stereocenters. The van der Waals surface area contributed by atoms with Gasteiger partial charge in [-0.05, 0) is 42.8 Å². The van der Waals surface area contributed by atoms with Crippen LogP contribution in [0.15, 0.2) is 48.5 Å². The maximum atomic E-state index is 9.48. The molecule has 1 aromatic carbocycles. The van der Waals surface area contributed by atoms with Crippen LogP contribution in [0.4, 0.5) is 17.2 Å². The van der Waals surface area contributed by atoms with E-state index in [4.69, 9.17) is 20.9 Å². The maximum Gasteiger partial charge on any atom is 0.130 e. The lowest BCUT2D eigenvalue weighted by Crippen LogP contribution is -2.37. The Hall–Kier alpha value is -3.33. The van der Waals surface area contributed by atoms with Crippen LogP contribution in [0.5, 0.6) is 0 Å². The minimum atomic E-state index is -0.138. The lowest BCUT2D eigenvalue weighted by molar-refractivity contribution is 0.122. The van der Waals surface area contributed by atoms with Crippen molar-refractivity contribution in [2.45, 2.75) is 32.4 Å². The third-order valence-corrected chi connectivity index (χ3v) is 5.93. The number of anilines is 3. The first-order valence-electron chi connectivity index (χ1n) is 11.7. The van der Waals surface area contributed by atoms with Gasteiger partial charge in [0.15, 0.2) is 0 Å². The topological polar surface area (TPSA) is 120 Å². The fraction of sp³-hybridized carbons (Fsp3) is 0.346. The Kier molecular flexibility index (Phi) is 7.84. The number of morpholine rings is 1. The molecule has 4 rings (SSSR count). The smallest absolute Gasteiger partial charge is 0.130 e. The third-order valence-electron chi connectivity index (χ3n) is 5.93. The highest BCUT2D eigenvalue weighted by molar-refractivity contribution is 5.97. The summed E-state index contributed by atoms with van der Waals surface area (Å²) in [7, 11) is 0. The van der Waals surface area contributed by atoms with Crippen LogP contribution in [-0.4, -0.2) is 47.6 Å². The molecule has 5 N–H and O–H groups in total. The molecule has 1 aliphatic heterocycles. The van der Waals surface area contributed by atoms with Gasteiger partial charge < -0.3 is 31.2 Å². The monoisotopic (exact) mass is 460 g/mol. The van der Waals surface area contributed by atoms with Crippen molar-refractivity contribution < 1.29 is 9.84 Å². The first-order valence-corrected chi connectivity index (χ1v) is 11.7. The summed E-state index contributed by atoms with van der Waals surface area (Å²) in [6.45, 7) is 4.76. The summed E-state index contributed by atoms with van der Waals surface area (Å²) in [4.78, 5) is 11.6. The van der Waals surface area contributed by atoms with Crippen molar-refractivity contribution in [3.05, 3.63) is 65.5 Å². The van der Waals surface area contributed by atoms with Crippen molar-refractivity contribution in [1.29, 1.82) is 5.41 Å². The number of hydrogen-bond acceptors (Lipinski definition) is 8. The van der Waals surface area contributed by atoms with Gasteiger partial charge in [-0.1, -0.05) is 25.5 Å². The van der Waals surface area contributed by atoms with Crippen molar-refractivity contribution in [1.82, 2.24) is 9.97 Å². The van der Waals surface area contributed by atoms with Gasteiger partial charge in [-0.15, -0.1) is 0 Å². The van der Waals surface area contributed by atoms with Crippen molar-refractivity contribution in [3.8, 4) is 11.3 Å². The van der Waals surface area contributed by atoms with Crippen LogP contribution in [0, 0.1) is 5.41 Å². The van der Waals surface area contributed by atoms with Gasteiger partial charge in [0.2, 0.25) is 0 Å². The van der Waals surface area contributed by atoms with Gasteiger partial charge in [0.05, 0.1) is 42.6 Å². The predicted molar refractivity (Wildman–Crippen MR) is 136 cm³/mol. The molecule has 3 heterocycles. The SMILES string of the molecule is CCC[C@H](N)c1cccc(-c2cc(Nc3cccc(CO)n3)c(C=N)c(N3CCOCC3)c2)n1. The number of aliphatic hydroxyl groups is 1. The fourth-order valence-electron chi connectivity index (χ4n) is 4.16. The van der Waals surface area contributed by atoms with E-state index in [9.17, 15) is 5.11 Å². The molecule has 1 saturated heterocycles. The lowest BCUT2D eigenvalue weighted by atomic mass is 10.0. The highest BCUT2D eigenvalue weighted by Gasteiger charge is 2.20. The predicted octanol–water partition coefficient (Wildman–Crippen LogP) is 4.01. The van der Waals surface area contributed by atoms with E-state index < -0.39 is 0 Å². The summed E-state index contributed by atoms with van der Waals surface area (Å²) in [5, 5.41) is 21.0. The summed E-state index contributed by atoms with van der Waals surface area (Å²) in [6.07, 6.45) is 3.24. The van der Waals surface area contributed by atoms with E-state index in [1.54, 1.807) is 6.07 Å². The molecule has 0 unspecified atom stereocenters. The molecule has 178 valence electrons. The molecule has 3 aromatic rings. The van der Waals surface area contributed by atoms with E-state index in [0.717, 1.165) is 59.8 Å². The number of benzene rings is 1. The lowest BCUT2D eigenvalue weighted by Gasteiger charge is -2.31. The number of nitrogens with zero attached hydrogens (tertiary/aromatic N) is 3. The number of pyridine rings is 2. The molecule has 8 nitrogen and oxygen atoms in total. The summed E-state index contributed by atoms with van der Waals surface area (Å²) < 4.78 is 5.55. The quantitative estimate of drug-likeness (QED) is 0.356. The van der Waals surface area contributed by atoms with E-state index in [0.29, 0.717) is 24.7 Å². The van der Waals surface area contributed by atoms with Crippen LogP contribution in [0.2, 0.25) is 0 Å². The molecule has 2 aromatic heterocycles. The Labute approximate surface area is 200 Å². The molecule has 1 fully saturated rings. The molecule has 1 aliphatic rings. The standard InChI is InChI=1S/C26H32N6O2/c1-2-5-21(28)23-8-4-7-22(30-23)18-14-24(31-26-9-3-6-19(17-33)29-26)20(16-27)25(15-18)32-10-12-34-13-11-32/h3-4,6-9,14-16,21,27,33H,2,5,10-13,17,28H2,1H3,(H,29,31)/t21-/m0/s1. The first-order chi connectivity index (χ1) is 16.6. The number of aliphatic hydroxyl groups excluding tert-OH is 1. The molecule has 0 saturated carbocycles. The Morgan fingerprint density at radius 1 is 1.18 bits per heavy atom. The Balaban J connectivity index is 1.81. The van der Waals surface area contributed by atoms with Crippen molar-refractivity contribution in [2.24, 2.45) is 5.73 Å². The molecule has 0 aliphatic carbocycles. The second kappa shape index (κ2) is 11.2. The summed E-state index contributed by atoms with van der Waals surface area (Å²) in [5.41, 5.74) is 12.0. The number of aromatic nitrogens is 2. The Bertz CT molecular complexity index is 1130. The Morgan fingerprint density at radius 2 is 1.97 bits per heavy atom. The minimum absolute atomic E-state index is 0.104. The fourth-order valence-corrected chi connectivity index (χ4v) is 4.16. The minimum Gasteiger partial charge on any atom is -0.390 e. The second-order valence-electron chi connectivity index (χ2n) is 8.34. The molecular formula is C26H32N6O2. The number of nitrogens with two attached hydrogens (primary N) is 1. The summed E-state index contributed by atoms with van der Waals surface area (Å²) >= 11 is 0. The van der Waals surface area contributed by atoms with Crippen LogP contribution in [0.25, 0.3) is 11.3 Å². The zero-order valence-corrected chi connectivity index (χ0v) is 19.5. The molecule has 0 amide bonds. The Morgan fingerprint density at radius 3 is 2.71 bits per heavy atom. The zero-order chi connectivity index (χ0) is 23.9. The number of rotatable bonds is 9. The normalized spacial score (nSPS) is 14.6. The van der Waals surface area contributed by atoms with Gasteiger partial charge in [-0.2, -0.15) is 0 Å². The average molecular weight is 461 g/mol. The number of ether oxygens (including phenoxy) is 1. The van der Waals surface area contributed by atoms with Gasteiger partial charge in [-0.3, -0.25) is 4.98 Å². The van der Waals surface area contributed by atoms with Crippen molar-refractivity contribution >= 4 is 23.4 Å². The average Bonchev–Trinajstić information content (AvgIpc) is 2.89. The van der Waals surface area contributed by atoms with Crippen molar-refractivity contribution in [2.75, 3.05) is 36.5 Å². The molecule has 0 spiro atoms. The van der Waals surface area contributed by atoms with Gasteiger partial charge in [0, 0.05) is 42.2 Å². The second-order valence-corrected chi connectivity index (χ2v) is 8.34. The number of hydrogen-bond donors (Lipinski definition) is 4. The largest absolute Gasteiger partial charge is 0.390 e. The van der Waals surface area contributed by atoms with Crippen molar-refractivity contribution in [3.63, 3.8) is 0 Å². The van der Waals surface area contributed by atoms with Crippen LogP contribution in [-0.2, 0) is 11.3 Å². The van der Waals surface area contributed by atoms with Crippen LogP contribution < -0.4 is 16.0 Å². The van der Waals surface area contributed by atoms with Crippen LogP contribution in [0.1, 0.15) is 42.8 Å². The van der Waals surface area contributed by atoms with Gasteiger partial charge in [0.25, 0.3) is 0 Å².